The summed E-state index contributed by atoms with van der Waals surface area (Å²) in [5.74, 6) is -4.07. The Morgan fingerprint density at radius 2 is 1.75 bits per heavy atom. The van der Waals surface area contributed by atoms with Crippen LogP contribution in [-0.2, 0) is 22.2 Å². The first kappa shape index (κ1) is 29.1. The first-order valence-electron chi connectivity index (χ1n) is 12.1. The van der Waals surface area contributed by atoms with Crippen molar-refractivity contribution in [3.8, 4) is 11.5 Å². The van der Waals surface area contributed by atoms with Crippen molar-refractivity contribution in [3.05, 3.63) is 65.5 Å². The van der Waals surface area contributed by atoms with E-state index >= 15 is 0 Å². The minimum Gasteiger partial charge on any atom is -0.512 e. The van der Waals surface area contributed by atoms with E-state index in [0.29, 0.717) is 18.1 Å². The first-order chi connectivity index (χ1) is 18.5. The zero-order valence-corrected chi connectivity index (χ0v) is 21.8. The lowest BCUT2D eigenvalue weighted by Crippen LogP contribution is -2.48. The number of aliphatic hydroxyl groups is 5. The molecule has 3 aromatic rings. The van der Waals surface area contributed by atoms with Gasteiger partial charge in [-0.15, -0.1) is 8.78 Å². The summed E-state index contributed by atoms with van der Waals surface area (Å²) in [5.41, 5.74) is -0.148. The second-order valence-corrected chi connectivity index (χ2v) is 10.5. The van der Waals surface area contributed by atoms with Crippen molar-refractivity contribution in [1.82, 2.24) is 4.57 Å². The molecule has 2 aromatic carbocycles. The summed E-state index contributed by atoms with van der Waals surface area (Å²) in [4.78, 5) is 10.6. The van der Waals surface area contributed by atoms with Gasteiger partial charge in [-0.05, 0) is 61.9 Å². The molecule has 2 aliphatic rings. The van der Waals surface area contributed by atoms with Crippen molar-refractivity contribution in [1.29, 1.82) is 0 Å². The minimum absolute atomic E-state index is 0.0887. The van der Waals surface area contributed by atoms with E-state index in [1.807, 2.05) is 6.07 Å². The fourth-order valence-corrected chi connectivity index (χ4v) is 4.32. The van der Waals surface area contributed by atoms with E-state index in [1.165, 1.54) is 30.5 Å². The van der Waals surface area contributed by atoms with E-state index in [1.54, 1.807) is 12.1 Å². The molecule has 216 valence electrons. The number of carbonyl (C=O) groups excluding carboxylic acids is 1. The number of allylic oxidation sites excluding steroid dienone is 1. The predicted molar refractivity (Wildman–Crippen MR) is 137 cm³/mol. The Balaban J connectivity index is 0.000000208. The molecule has 2 heterocycles. The Bertz CT molecular complexity index is 1470. The van der Waals surface area contributed by atoms with E-state index in [-0.39, 0.29) is 40.4 Å². The van der Waals surface area contributed by atoms with Crippen LogP contribution in [0.2, 0.25) is 0 Å². The summed E-state index contributed by atoms with van der Waals surface area (Å²) in [6.07, 6.45) is -0.546. The van der Waals surface area contributed by atoms with Crippen LogP contribution in [0, 0.1) is 5.82 Å². The molecule has 1 aliphatic carbocycles. The van der Waals surface area contributed by atoms with Gasteiger partial charge in [0, 0.05) is 17.1 Å². The molecule has 1 saturated carbocycles. The average molecular weight is 567 g/mol. The highest BCUT2D eigenvalue weighted by Gasteiger charge is 2.46. The van der Waals surface area contributed by atoms with Crippen molar-refractivity contribution in [2.75, 3.05) is 5.32 Å². The number of nitrogens with zero attached hydrogens (tertiary/aromatic N) is 1. The standard InChI is InChI=1S/C16H19FN2O6.C11H10F2O2/c1-15(2,16(23,24)25)14-4-9-3-12(18-8-21)11(17)5-13(9)19(14)6-10(22)7-20;1-10(4-5-10)7-2-3-8-9(6-7)15-11(12,13)14-8/h3-5,7-8,20,22-25H,6H2,1-2H3,(H,18,21);2-3,6H,4-5H2,1H3/b10-7-;. The van der Waals surface area contributed by atoms with Crippen LogP contribution >= 0.6 is 0 Å². The van der Waals surface area contributed by atoms with Crippen molar-refractivity contribution in [2.24, 2.45) is 0 Å². The number of anilines is 1. The molecule has 6 N–H and O–H groups in total. The second-order valence-electron chi connectivity index (χ2n) is 10.5. The molecule has 13 heteroatoms. The molecule has 0 spiro atoms. The molecular weight excluding hydrogens is 537 g/mol. The third-order valence-corrected chi connectivity index (χ3v) is 7.25. The van der Waals surface area contributed by atoms with Crippen LogP contribution in [0.4, 0.5) is 18.9 Å². The topological polar surface area (TPSA) is 154 Å². The molecule has 40 heavy (non-hydrogen) atoms. The quantitative estimate of drug-likeness (QED) is 0.141. The highest BCUT2D eigenvalue weighted by atomic mass is 19.3. The normalized spacial score (nSPS) is 17.3. The van der Waals surface area contributed by atoms with E-state index in [2.05, 4.69) is 21.7 Å². The van der Waals surface area contributed by atoms with Gasteiger partial charge in [0.2, 0.25) is 6.41 Å². The third kappa shape index (κ3) is 5.53. The van der Waals surface area contributed by atoms with Gasteiger partial charge in [0.05, 0.1) is 23.2 Å². The smallest absolute Gasteiger partial charge is 0.512 e. The van der Waals surface area contributed by atoms with Gasteiger partial charge >= 0.3 is 6.29 Å². The maximum atomic E-state index is 14.1. The number of aliphatic hydroxyl groups excluding tert-OH is 2. The average Bonchev–Trinajstić information content (AvgIpc) is 3.40. The van der Waals surface area contributed by atoms with Crippen LogP contribution in [0.5, 0.6) is 11.5 Å². The number of benzene rings is 2. The maximum absolute atomic E-state index is 14.1. The number of amides is 1. The Hall–Kier alpha value is -3.94. The number of ether oxygens (including phenoxy) is 2. The molecule has 1 aliphatic heterocycles. The second kappa shape index (κ2) is 9.91. The van der Waals surface area contributed by atoms with Crippen LogP contribution in [0.3, 0.4) is 0 Å². The fraction of sp³-hybridized carbons (Fsp3) is 0.370. The van der Waals surface area contributed by atoms with Gasteiger partial charge in [0.1, 0.15) is 17.8 Å². The lowest BCUT2D eigenvalue weighted by Gasteiger charge is -2.34. The lowest BCUT2D eigenvalue weighted by atomic mass is 9.86. The molecule has 1 fully saturated rings. The van der Waals surface area contributed by atoms with Crippen LogP contribution in [0.25, 0.3) is 10.9 Å². The summed E-state index contributed by atoms with van der Waals surface area (Å²) in [5, 5.41) is 50.2. The number of alkyl halides is 2. The van der Waals surface area contributed by atoms with Crippen LogP contribution in [-0.4, -0.2) is 48.8 Å². The van der Waals surface area contributed by atoms with E-state index in [4.69, 9.17) is 5.11 Å². The summed E-state index contributed by atoms with van der Waals surface area (Å²) < 4.78 is 49.6. The number of fused-ring (bicyclic) bond motifs is 2. The number of hydrogen-bond donors (Lipinski definition) is 6. The largest absolute Gasteiger partial charge is 0.586 e. The summed E-state index contributed by atoms with van der Waals surface area (Å²) in [7, 11) is 0. The Morgan fingerprint density at radius 3 is 2.33 bits per heavy atom. The van der Waals surface area contributed by atoms with Gasteiger partial charge < -0.3 is 44.9 Å². The summed E-state index contributed by atoms with van der Waals surface area (Å²) >= 11 is 0. The minimum atomic E-state index is -3.51. The number of nitrogens with one attached hydrogen (secondary N) is 1. The van der Waals surface area contributed by atoms with E-state index in [9.17, 15) is 38.4 Å². The highest BCUT2D eigenvalue weighted by molar-refractivity contribution is 5.88. The molecule has 10 nitrogen and oxygen atoms in total. The Morgan fingerprint density at radius 1 is 1.10 bits per heavy atom. The van der Waals surface area contributed by atoms with Gasteiger partial charge in [-0.25, -0.2) is 4.39 Å². The Kier molecular flexibility index (Phi) is 7.20. The van der Waals surface area contributed by atoms with Gasteiger partial charge in [0.15, 0.2) is 11.5 Å². The SMILES string of the molecule is CC(C)(c1cc2cc(NC=O)c(F)cc2n1C/C(O)=C/O)C(O)(O)O.CC1(c2ccc3c(c2)OC(F)(F)O3)CC1. The van der Waals surface area contributed by atoms with E-state index in [0.717, 1.165) is 24.5 Å². The van der Waals surface area contributed by atoms with Crippen LogP contribution in [0.1, 0.15) is 44.9 Å². The number of rotatable bonds is 7. The monoisotopic (exact) mass is 566 g/mol. The van der Waals surface area contributed by atoms with Crippen molar-refractivity contribution >= 4 is 23.0 Å². The number of halogens is 3. The number of aromatic nitrogens is 1. The zero-order chi connectivity index (χ0) is 29.7. The Labute approximate surface area is 226 Å². The molecule has 1 aromatic heterocycles. The highest BCUT2D eigenvalue weighted by Crippen LogP contribution is 2.51. The zero-order valence-electron chi connectivity index (χ0n) is 21.8. The molecule has 0 atom stereocenters. The third-order valence-electron chi connectivity index (χ3n) is 7.25. The molecule has 1 amide bonds. The van der Waals surface area contributed by atoms with Crippen molar-refractivity contribution in [3.63, 3.8) is 0 Å². The van der Waals surface area contributed by atoms with Gasteiger partial charge in [-0.2, -0.15) is 0 Å². The van der Waals surface area contributed by atoms with Gasteiger partial charge in [0.25, 0.3) is 5.97 Å². The maximum Gasteiger partial charge on any atom is 0.586 e. The first-order valence-corrected chi connectivity index (χ1v) is 12.1. The van der Waals surface area contributed by atoms with Crippen molar-refractivity contribution in [2.45, 2.75) is 63.3 Å². The molecule has 0 radical (unpaired) electrons. The fourth-order valence-electron chi connectivity index (χ4n) is 4.32. The molecule has 0 unspecified atom stereocenters. The van der Waals surface area contributed by atoms with Crippen LogP contribution < -0.4 is 14.8 Å². The van der Waals surface area contributed by atoms with Gasteiger partial charge in [-0.1, -0.05) is 13.0 Å². The molecule has 0 bridgehead atoms. The van der Waals surface area contributed by atoms with E-state index < -0.39 is 29.3 Å². The number of hydrogen-bond acceptors (Lipinski definition) is 8. The molecular formula is C27H29F3N2O8. The number of carbonyl (C=O) groups is 1. The lowest BCUT2D eigenvalue weighted by molar-refractivity contribution is -0.347. The molecule has 5 rings (SSSR count). The molecule has 0 saturated heterocycles. The summed E-state index contributed by atoms with van der Waals surface area (Å²) in [6.45, 7) is 4.47. The predicted octanol–water partition coefficient (Wildman–Crippen LogP) is 4.27. The van der Waals surface area contributed by atoms with Crippen molar-refractivity contribution < 1.29 is 53.0 Å². The van der Waals surface area contributed by atoms with Crippen LogP contribution in [0.15, 0.2) is 48.4 Å². The van der Waals surface area contributed by atoms with Gasteiger partial charge in [-0.3, -0.25) is 4.79 Å². The summed E-state index contributed by atoms with van der Waals surface area (Å²) in [6, 6.07) is 8.89.